The van der Waals surface area contributed by atoms with Gasteiger partial charge in [0.05, 0.1) is 39.9 Å². The summed E-state index contributed by atoms with van der Waals surface area (Å²) in [5, 5.41) is 0. The van der Waals surface area contributed by atoms with Crippen LogP contribution in [0, 0.1) is 24.2 Å². The highest BCUT2D eigenvalue weighted by Crippen LogP contribution is 2.63. The van der Waals surface area contributed by atoms with Crippen LogP contribution in [-0.4, -0.2) is 75.1 Å². The van der Waals surface area contributed by atoms with Crippen molar-refractivity contribution in [1.82, 2.24) is 24.7 Å². The molecule has 3 aromatic rings. The van der Waals surface area contributed by atoms with Gasteiger partial charge in [0, 0.05) is 42.3 Å². The summed E-state index contributed by atoms with van der Waals surface area (Å²) < 4.78 is 42.3. The predicted octanol–water partition coefficient (Wildman–Crippen LogP) is 5.02. The standard InChI is InChI=1S/C29H30F3N5O3S.ClH/c1-14-10-19(29(30,31)32)34-23(20(14)25(38)36-9-8-35(5)12-15(36)2)17-6-7-33-18-11-16(41-24(17)18)13-37-26(39)21-22(27(37)40)28(21,3)4;/h6-7,10-11,15,21-22H,8-9,12-13H2,1-5H3;1H/t15-,21?,22?;/m0./s1. The molecular formula is C29H31ClF3N5O3S. The van der Waals surface area contributed by atoms with Crippen LogP contribution in [0.15, 0.2) is 24.4 Å². The molecule has 5 heterocycles. The average molecular weight is 622 g/mol. The van der Waals surface area contributed by atoms with Gasteiger partial charge in [0.2, 0.25) is 11.8 Å². The molecule has 0 spiro atoms. The van der Waals surface area contributed by atoms with Gasteiger partial charge in [-0.1, -0.05) is 13.8 Å². The fourth-order valence-corrected chi connectivity index (χ4v) is 7.55. The summed E-state index contributed by atoms with van der Waals surface area (Å²) in [6, 6.07) is 4.10. The molecule has 2 saturated heterocycles. The number of aryl methyl sites for hydroxylation is 1. The number of hydrogen-bond donors (Lipinski definition) is 0. The minimum Gasteiger partial charge on any atom is -0.333 e. The van der Waals surface area contributed by atoms with Gasteiger partial charge in [-0.15, -0.1) is 23.7 Å². The first kappa shape index (κ1) is 30.4. The fourth-order valence-electron chi connectivity index (χ4n) is 6.44. The molecule has 0 N–H and O–H groups in total. The number of likely N-dealkylation sites (N-methyl/N-ethyl adjacent to an activating group) is 1. The van der Waals surface area contributed by atoms with Gasteiger partial charge < -0.3 is 9.80 Å². The Balaban J connectivity index is 0.00000353. The second kappa shape index (κ2) is 10.3. The van der Waals surface area contributed by atoms with Crippen LogP contribution in [0.5, 0.6) is 0 Å². The summed E-state index contributed by atoms with van der Waals surface area (Å²) in [5.41, 5.74) is -0.282. The number of imide groups is 1. The van der Waals surface area contributed by atoms with Gasteiger partial charge in [-0.05, 0) is 50.1 Å². The molecule has 224 valence electrons. The zero-order chi connectivity index (χ0) is 29.6. The Kier molecular flexibility index (Phi) is 7.43. The predicted molar refractivity (Wildman–Crippen MR) is 154 cm³/mol. The Morgan fingerprint density at radius 3 is 2.43 bits per heavy atom. The molecule has 3 amide bonds. The van der Waals surface area contributed by atoms with Crippen LogP contribution in [0.2, 0.25) is 0 Å². The van der Waals surface area contributed by atoms with Crippen LogP contribution in [0.3, 0.4) is 0 Å². The highest BCUT2D eigenvalue weighted by Gasteiger charge is 2.72. The third kappa shape index (κ3) is 4.77. The van der Waals surface area contributed by atoms with Gasteiger partial charge in [-0.2, -0.15) is 13.2 Å². The molecule has 0 bridgehead atoms. The van der Waals surface area contributed by atoms with Gasteiger partial charge in [0.15, 0.2) is 0 Å². The minimum absolute atomic E-state index is 0. The number of alkyl halides is 3. The molecule has 3 aromatic heterocycles. The van der Waals surface area contributed by atoms with Crippen molar-refractivity contribution in [3.05, 3.63) is 46.1 Å². The van der Waals surface area contributed by atoms with Crippen LogP contribution in [0.1, 0.15) is 47.3 Å². The number of piperidine rings is 1. The molecule has 2 unspecified atom stereocenters. The Bertz CT molecular complexity index is 1600. The molecule has 1 saturated carbocycles. The van der Waals surface area contributed by atoms with E-state index in [0.29, 0.717) is 40.3 Å². The van der Waals surface area contributed by atoms with Crippen molar-refractivity contribution in [2.24, 2.45) is 17.3 Å². The molecule has 0 aromatic carbocycles. The van der Waals surface area contributed by atoms with Crippen molar-refractivity contribution < 1.29 is 27.6 Å². The Labute approximate surface area is 251 Å². The number of carbonyl (C=O) groups excluding carboxylic acids is 3. The molecule has 3 fully saturated rings. The van der Waals surface area contributed by atoms with Crippen molar-refractivity contribution in [1.29, 1.82) is 0 Å². The number of likely N-dealkylation sites (tertiary alicyclic amines) is 1. The summed E-state index contributed by atoms with van der Waals surface area (Å²) in [4.78, 5) is 53.9. The van der Waals surface area contributed by atoms with Crippen LogP contribution in [0.25, 0.3) is 21.5 Å². The van der Waals surface area contributed by atoms with Crippen LogP contribution >= 0.6 is 23.7 Å². The molecule has 13 heteroatoms. The number of rotatable bonds is 4. The van der Waals surface area contributed by atoms with Crippen LogP contribution in [-0.2, 0) is 22.3 Å². The highest BCUT2D eigenvalue weighted by molar-refractivity contribution is 7.19. The van der Waals surface area contributed by atoms with Gasteiger partial charge in [0.1, 0.15) is 5.69 Å². The van der Waals surface area contributed by atoms with E-state index in [4.69, 9.17) is 0 Å². The van der Waals surface area contributed by atoms with Crippen molar-refractivity contribution in [2.75, 3.05) is 26.7 Å². The molecule has 6 rings (SSSR count). The van der Waals surface area contributed by atoms with E-state index in [2.05, 4.69) is 14.9 Å². The first-order chi connectivity index (χ1) is 19.2. The summed E-state index contributed by atoms with van der Waals surface area (Å²) in [7, 11) is 1.96. The van der Waals surface area contributed by atoms with E-state index in [1.54, 1.807) is 17.0 Å². The van der Waals surface area contributed by atoms with Crippen molar-refractivity contribution in [3.8, 4) is 11.3 Å². The zero-order valence-corrected chi connectivity index (χ0v) is 25.4. The molecule has 2 aliphatic heterocycles. The smallest absolute Gasteiger partial charge is 0.333 e. The first-order valence-electron chi connectivity index (χ1n) is 13.5. The average Bonchev–Trinajstić information content (AvgIpc) is 3.13. The third-order valence-corrected chi connectivity index (χ3v) is 9.88. The summed E-state index contributed by atoms with van der Waals surface area (Å²) in [6.45, 7) is 9.07. The molecular weight excluding hydrogens is 591 g/mol. The van der Waals surface area contributed by atoms with E-state index in [1.807, 2.05) is 27.8 Å². The van der Waals surface area contributed by atoms with E-state index in [1.165, 1.54) is 29.4 Å². The quantitative estimate of drug-likeness (QED) is 0.380. The van der Waals surface area contributed by atoms with Crippen LogP contribution < -0.4 is 0 Å². The zero-order valence-electron chi connectivity index (χ0n) is 23.8. The summed E-state index contributed by atoms with van der Waals surface area (Å²) >= 11 is 1.24. The molecule has 8 nitrogen and oxygen atoms in total. The molecule has 3 aliphatic rings. The second-order valence-electron chi connectivity index (χ2n) is 12.0. The van der Waals surface area contributed by atoms with Crippen molar-refractivity contribution in [3.63, 3.8) is 0 Å². The van der Waals surface area contributed by atoms with E-state index >= 15 is 0 Å². The van der Waals surface area contributed by atoms with Crippen molar-refractivity contribution in [2.45, 2.75) is 46.5 Å². The fraction of sp³-hybridized carbons (Fsp3) is 0.483. The maximum absolute atomic E-state index is 13.9. The molecule has 0 radical (unpaired) electrons. The van der Waals surface area contributed by atoms with Gasteiger partial charge >= 0.3 is 6.18 Å². The van der Waals surface area contributed by atoms with Crippen molar-refractivity contribution >= 4 is 51.7 Å². The maximum Gasteiger partial charge on any atom is 0.433 e. The highest BCUT2D eigenvalue weighted by atomic mass is 35.5. The number of fused-ring (bicyclic) bond motifs is 2. The lowest BCUT2D eigenvalue weighted by Gasteiger charge is -2.38. The number of halogens is 4. The molecule has 3 atom stereocenters. The topological polar surface area (TPSA) is 86.7 Å². The first-order valence-corrected chi connectivity index (χ1v) is 14.3. The SMILES string of the molecule is Cc1cc(C(F)(F)F)nc(-c2ccnc3cc(CN4C(=O)C5C(C4=O)C5(C)C)sc23)c1C(=O)N1CCN(C)C[C@@H]1C.Cl. The normalized spacial score (nSPS) is 23.8. The van der Waals surface area contributed by atoms with E-state index in [-0.39, 0.29) is 76.8 Å². The Morgan fingerprint density at radius 2 is 1.81 bits per heavy atom. The van der Waals surface area contributed by atoms with Gasteiger partial charge in [-0.25, -0.2) is 4.98 Å². The number of nitrogens with zero attached hydrogens (tertiary/aromatic N) is 5. The lowest BCUT2D eigenvalue weighted by molar-refractivity contribution is -0.144. The Morgan fingerprint density at radius 1 is 1.14 bits per heavy atom. The van der Waals surface area contributed by atoms with E-state index in [0.717, 1.165) is 6.07 Å². The summed E-state index contributed by atoms with van der Waals surface area (Å²) in [5.74, 6) is -1.36. The Hall–Kier alpha value is -3.09. The maximum atomic E-state index is 13.9. The second-order valence-corrected chi connectivity index (χ2v) is 13.1. The molecule has 42 heavy (non-hydrogen) atoms. The monoisotopic (exact) mass is 621 g/mol. The number of thiophene rings is 1. The van der Waals surface area contributed by atoms with E-state index in [9.17, 15) is 27.6 Å². The summed E-state index contributed by atoms with van der Waals surface area (Å²) in [6.07, 6.45) is -3.23. The van der Waals surface area contributed by atoms with Gasteiger partial charge in [-0.3, -0.25) is 24.3 Å². The number of carbonyl (C=O) groups is 3. The lowest BCUT2D eigenvalue weighted by Crippen LogP contribution is -2.53. The lowest BCUT2D eigenvalue weighted by atomic mass is 9.98. The largest absolute Gasteiger partial charge is 0.433 e. The van der Waals surface area contributed by atoms with E-state index < -0.39 is 11.9 Å². The minimum atomic E-state index is -4.71. The number of aromatic nitrogens is 2. The number of hydrogen-bond acceptors (Lipinski definition) is 7. The number of pyridine rings is 2. The number of amides is 3. The molecule has 1 aliphatic carbocycles. The van der Waals surface area contributed by atoms with Crippen LogP contribution in [0.4, 0.5) is 13.2 Å². The third-order valence-electron chi connectivity index (χ3n) is 8.74. The van der Waals surface area contributed by atoms with Gasteiger partial charge in [0.25, 0.3) is 5.91 Å². The number of piperazine rings is 1.